The zero-order chi connectivity index (χ0) is 19.8. The second-order valence-electron chi connectivity index (χ2n) is 7.06. The molecule has 1 atom stereocenters. The Kier molecular flexibility index (Phi) is 4.61. The molecule has 5 rings (SSSR count). The molecule has 4 aromatic rings. The highest BCUT2D eigenvalue weighted by molar-refractivity contribution is 6.30. The third-order valence-electron chi connectivity index (χ3n) is 5.15. The van der Waals surface area contributed by atoms with Gasteiger partial charge >= 0.3 is 0 Å². The maximum Gasteiger partial charge on any atom is 0.130 e. The number of aromatic nitrogens is 5. The number of aromatic amines is 1. The van der Waals surface area contributed by atoms with Gasteiger partial charge in [0.2, 0.25) is 0 Å². The van der Waals surface area contributed by atoms with Crippen molar-refractivity contribution in [1.29, 1.82) is 0 Å². The van der Waals surface area contributed by atoms with Crippen molar-refractivity contribution in [2.45, 2.75) is 13.0 Å². The van der Waals surface area contributed by atoms with Crippen LogP contribution in [-0.2, 0) is 4.74 Å². The molecule has 1 aliphatic rings. The third kappa shape index (κ3) is 3.32. The SMILES string of the molecule is C[C@@H]1COCCN1c1cc(-c2cncc(Cl)c2)c2ccnc(-c3ccn[nH]3)c2n1. The normalized spacial score (nSPS) is 17.0. The fourth-order valence-electron chi connectivity index (χ4n) is 3.74. The summed E-state index contributed by atoms with van der Waals surface area (Å²) in [6.07, 6.45) is 6.96. The Morgan fingerprint density at radius 2 is 2.14 bits per heavy atom. The van der Waals surface area contributed by atoms with E-state index < -0.39 is 0 Å². The molecule has 0 aliphatic carbocycles. The van der Waals surface area contributed by atoms with Crippen LogP contribution in [0.15, 0.2) is 49.1 Å². The summed E-state index contributed by atoms with van der Waals surface area (Å²) < 4.78 is 5.61. The minimum Gasteiger partial charge on any atom is -0.377 e. The van der Waals surface area contributed by atoms with Crippen molar-refractivity contribution < 1.29 is 4.74 Å². The van der Waals surface area contributed by atoms with Gasteiger partial charge in [-0.05, 0) is 36.8 Å². The van der Waals surface area contributed by atoms with Crippen molar-refractivity contribution in [3.8, 4) is 22.5 Å². The van der Waals surface area contributed by atoms with E-state index in [1.54, 1.807) is 18.6 Å². The molecule has 7 nitrogen and oxygen atoms in total. The lowest BCUT2D eigenvalue weighted by Gasteiger charge is -2.34. The van der Waals surface area contributed by atoms with Crippen molar-refractivity contribution in [2.75, 3.05) is 24.7 Å². The average molecular weight is 407 g/mol. The third-order valence-corrected chi connectivity index (χ3v) is 5.35. The van der Waals surface area contributed by atoms with Crippen molar-refractivity contribution in [1.82, 2.24) is 25.1 Å². The van der Waals surface area contributed by atoms with Gasteiger partial charge in [0.15, 0.2) is 0 Å². The molecule has 0 spiro atoms. The number of ether oxygens (including phenoxy) is 1. The number of nitrogens with zero attached hydrogens (tertiary/aromatic N) is 5. The van der Waals surface area contributed by atoms with Crippen LogP contribution in [0.5, 0.6) is 0 Å². The van der Waals surface area contributed by atoms with Crippen molar-refractivity contribution in [3.63, 3.8) is 0 Å². The number of pyridine rings is 3. The summed E-state index contributed by atoms with van der Waals surface area (Å²) in [6, 6.07) is 8.13. The maximum absolute atomic E-state index is 6.24. The number of halogens is 1. The Morgan fingerprint density at radius 3 is 2.93 bits per heavy atom. The minimum atomic E-state index is 0.228. The molecule has 1 aliphatic heterocycles. The largest absolute Gasteiger partial charge is 0.377 e. The summed E-state index contributed by atoms with van der Waals surface area (Å²) in [4.78, 5) is 16.2. The quantitative estimate of drug-likeness (QED) is 0.554. The number of anilines is 1. The molecular weight excluding hydrogens is 388 g/mol. The van der Waals surface area contributed by atoms with Crippen LogP contribution in [0.2, 0.25) is 5.02 Å². The number of rotatable bonds is 3. The molecule has 0 amide bonds. The molecule has 0 radical (unpaired) electrons. The predicted molar refractivity (Wildman–Crippen MR) is 113 cm³/mol. The van der Waals surface area contributed by atoms with E-state index in [2.05, 4.69) is 38.1 Å². The molecule has 8 heteroatoms. The van der Waals surface area contributed by atoms with Crippen LogP contribution in [0.25, 0.3) is 33.4 Å². The standard InChI is InChI=1S/C21H19ClN6O/c1-13-12-29-7-6-28(13)19-9-17(14-8-15(22)11-23-10-14)16-2-4-24-21(20(16)26-19)18-3-5-25-27-18/h2-5,8-11,13H,6-7,12H2,1H3,(H,25,27)/t13-/m1/s1. The Balaban J connectivity index is 1.79. The molecule has 1 fully saturated rings. The summed E-state index contributed by atoms with van der Waals surface area (Å²) in [5, 5.41) is 8.66. The van der Waals surface area contributed by atoms with Gasteiger partial charge in [-0.2, -0.15) is 5.10 Å². The summed E-state index contributed by atoms with van der Waals surface area (Å²) in [5.41, 5.74) is 4.35. The van der Waals surface area contributed by atoms with Crippen molar-refractivity contribution in [2.24, 2.45) is 0 Å². The fourth-order valence-corrected chi connectivity index (χ4v) is 3.91. The van der Waals surface area contributed by atoms with E-state index in [9.17, 15) is 0 Å². The van der Waals surface area contributed by atoms with E-state index in [1.165, 1.54) is 0 Å². The van der Waals surface area contributed by atoms with Gasteiger partial charge < -0.3 is 9.64 Å². The molecule has 0 bridgehead atoms. The van der Waals surface area contributed by atoms with Crippen LogP contribution in [0.1, 0.15) is 6.92 Å². The monoisotopic (exact) mass is 406 g/mol. The van der Waals surface area contributed by atoms with Crippen LogP contribution >= 0.6 is 11.6 Å². The van der Waals surface area contributed by atoms with Crippen LogP contribution in [0.4, 0.5) is 5.82 Å². The lowest BCUT2D eigenvalue weighted by Crippen LogP contribution is -2.44. The van der Waals surface area contributed by atoms with Gasteiger partial charge in [0.05, 0.1) is 30.0 Å². The number of H-pyrrole nitrogens is 1. The first-order valence-corrected chi connectivity index (χ1v) is 9.83. The number of nitrogens with one attached hydrogen (secondary N) is 1. The predicted octanol–water partition coefficient (Wildman–Crippen LogP) is 3.96. The molecule has 4 aromatic heterocycles. The highest BCUT2D eigenvalue weighted by atomic mass is 35.5. The molecule has 1 N–H and O–H groups in total. The van der Waals surface area contributed by atoms with Gasteiger partial charge in [0.25, 0.3) is 0 Å². The van der Waals surface area contributed by atoms with Gasteiger partial charge in [-0.15, -0.1) is 0 Å². The summed E-state index contributed by atoms with van der Waals surface area (Å²) in [7, 11) is 0. The van der Waals surface area contributed by atoms with Gasteiger partial charge in [0, 0.05) is 42.3 Å². The van der Waals surface area contributed by atoms with E-state index in [1.807, 2.05) is 24.4 Å². The molecule has 29 heavy (non-hydrogen) atoms. The van der Waals surface area contributed by atoms with Gasteiger partial charge in [0.1, 0.15) is 17.0 Å². The van der Waals surface area contributed by atoms with Crippen LogP contribution in [0, 0.1) is 0 Å². The zero-order valence-corrected chi connectivity index (χ0v) is 16.6. The number of fused-ring (bicyclic) bond motifs is 1. The highest BCUT2D eigenvalue weighted by Gasteiger charge is 2.23. The summed E-state index contributed by atoms with van der Waals surface area (Å²) in [6.45, 7) is 4.28. The molecular formula is C21H19ClN6O. The van der Waals surface area contributed by atoms with Crippen LogP contribution in [-0.4, -0.2) is 50.9 Å². The lowest BCUT2D eigenvalue weighted by molar-refractivity contribution is 0.0986. The smallest absolute Gasteiger partial charge is 0.130 e. The van der Waals surface area contributed by atoms with Crippen LogP contribution in [0.3, 0.4) is 0 Å². The molecule has 1 saturated heterocycles. The average Bonchev–Trinajstić information content (AvgIpc) is 3.27. The van der Waals surface area contributed by atoms with Gasteiger partial charge in [-0.25, -0.2) is 4.98 Å². The molecule has 146 valence electrons. The minimum absolute atomic E-state index is 0.228. The first-order valence-electron chi connectivity index (χ1n) is 9.45. The fraction of sp³-hybridized carbons (Fsp3) is 0.238. The second-order valence-corrected chi connectivity index (χ2v) is 7.50. The number of hydrogen-bond donors (Lipinski definition) is 1. The lowest BCUT2D eigenvalue weighted by atomic mass is 10.0. The van der Waals surface area contributed by atoms with E-state index >= 15 is 0 Å². The zero-order valence-electron chi connectivity index (χ0n) is 15.8. The first-order chi connectivity index (χ1) is 14.2. The summed E-state index contributed by atoms with van der Waals surface area (Å²) in [5.74, 6) is 0.886. The summed E-state index contributed by atoms with van der Waals surface area (Å²) >= 11 is 6.24. The molecule has 0 saturated carbocycles. The maximum atomic E-state index is 6.24. The van der Waals surface area contributed by atoms with E-state index in [-0.39, 0.29) is 6.04 Å². The number of morpholine rings is 1. The Morgan fingerprint density at radius 1 is 1.21 bits per heavy atom. The topological polar surface area (TPSA) is 79.8 Å². The first kappa shape index (κ1) is 18.0. The highest BCUT2D eigenvalue weighted by Crippen LogP contribution is 2.35. The molecule has 5 heterocycles. The second kappa shape index (κ2) is 7.42. The van der Waals surface area contributed by atoms with E-state index in [4.69, 9.17) is 21.3 Å². The van der Waals surface area contributed by atoms with E-state index in [0.29, 0.717) is 18.2 Å². The van der Waals surface area contributed by atoms with Gasteiger partial charge in [-0.3, -0.25) is 15.1 Å². The Labute approximate surface area is 172 Å². The van der Waals surface area contributed by atoms with Gasteiger partial charge in [-0.1, -0.05) is 11.6 Å². The van der Waals surface area contributed by atoms with Crippen molar-refractivity contribution in [3.05, 3.63) is 54.1 Å². The van der Waals surface area contributed by atoms with Crippen molar-refractivity contribution >= 4 is 28.3 Å². The Bertz CT molecular complexity index is 1160. The molecule has 0 aromatic carbocycles. The van der Waals surface area contributed by atoms with Crippen LogP contribution < -0.4 is 4.90 Å². The Hall–Kier alpha value is -3.03. The van der Waals surface area contributed by atoms with E-state index in [0.717, 1.165) is 45.8 Å². The number of hydrogen-bond acceptors (Lipinski definition) is 6. The molecule has 0 unspecified atom stereocenters.